The van der Waals surface area contributed by atoms with Crippen LogP contribution in [-0.2, 0) is 6.42 Å². The van der Waals surface area contributed by atoms with Gasteiger partial charge in [-0.25, -0.2) is 4.79 Å². The number of urea groups is 1. The summed E-state index contributed by atoms with van der Waals surface area (Å²) in [7, 11) is 4.01. The number of benzene rings is 2. The van der Waals surface area contributed by atoms with Crippen LogP contribution in [0.3, 0.4) is 0 Å². The van der Waals surface area contributed by atoms with Crippen molar-refractivity contribution in [1.29, 1.82) is 0 Å². The van der Waals surface area contributed by atoms with Gasteiger partial charge in [0.05, 0.1) is 0 Å². The molecular weight excluding hydrogens is 298 g/mol. The van der Waals surface area contributed by atoms with Gasteiger partial charge in [-0.1, -0.05) is 37.3 Å². The number of carbonyl (C=O) groups excluding carboxylic acids is 1. The average molecular weight is 323 g/mol. The first-order valence-corrected chi connectivity index (χ1v) is 8.39. The van der Waals surface area contributed by atoms with Gasteiger partial charge in [0.2, 0.25) is 0 Å². The van der Waals surface area contributed by atoms with Crippen molar-refractivity contribution in [3.63, 3.8) is 0 Å². The van der Waals surface area contributed by atoms with Crippen LogP contribution in [0.1, 0.15) is 29.5 Å². The molecule has 0 unspecified atom stereocenters. The van der Waals surface area contributed by atoms with Gasteiger partial charge in [-0.2, -0.15) is 0 Å². The summed E-state index contributed by atoms with van der Waals surface area (Å²) in [4.78, 5) is 14.5. The van der Waals surface area contributed by atoms with Crippen LogP contribution in [0.5, 0.6) is 0 Å². The van der Waals surface area contributed by atoms with Crippen LogP contribution in [0.15, 0.2) is 42.5 Å². The number of fused-ring (bicyclic) bond motifs is 1. The topological polar surface area (TPSA) is 44.4 Å². The summed E-state index contributed by atoms with van der Waals surface area (Å²) in [6, 6.07) is 14.4. The van der Waals surface area contributed by atoms with Crippen molar-refractivity contribution >= 4 is 17.4 Å². The molecule has 4 nitrogen and oxygen atoms in total. The average Bonchev–Trinajstić information content (AvgIpc) is 2.85. The molecule has 2 atom stereocenters. The van der Waals surface area contributed by atoms with Crippen LogP contribution in [-0.4, -0.2) is 26.2 Å². The van der Waals surface area contributed by atoms with E-state index in [0.29, 0.717) is 5.92 Å². The van der Waals surface area contributed by atoms with Crippen LogP contribution in [0, 0.1) is 6.92 Å². The molecule has 2 N–H and O–H groups in total. The van der Waals surface area contributed by atoms with Crippen molar-refractivity contribution in [2.75, 3.05) is 24.3 Å². The van der Waals surface area contributed by atoms with Crippen molar-refractivity contribution in [3.8, 4) is 0 Å². The summed E-state index contributed by atoms with van der Waals surface area (Å²) in [5.41, 5.74) is 5.70. The monoisotopic (exact) mass is 323 g/mol. The maximum absolute atomic E-state index is 12.5. The fourth-order valence-electron chi connectivity index (χ4n) is 3.54. The van der Waals surface area contributed by atoms with E-state index in [1.807, 2.05) is 44.1 Å². The number of carbonyl (C=O) groups is 1. The van der Waals surface area contributed by atoms with Crippen molar-refractivity contribution < 1.29 is 4.79 Å². The Morgan fingerprint density at radius 3 is 2.58 bits per heavy atom. The lowest BCUT2D eigenvalue weighted by atomic mass is 10.0. The molecule has 24 heavy (non-hydrogen) atoms. The lowest BCUT2D eigenvalue weighted by Gasteiger charge is -2.21. The van der Waals surface area contributed by atoms with E-state index < -0.39 is 0 Å². The summed E-state index contributed by atoms with van der Waals surface area (Å²) in [6.45, 7) is 4.20. The summed E-state index contributed by atoms with van der Waals surface area (Å²) in [6.07, 6.45) is 0.890. The molecule has 1 aliphatic rings. The molecule has 0 fully saturated rings. The maximum atomic E-state index is 12.5. The van der Waals surface area contributed by atoms with E-state index in [0.717, 1.165) is 23.4 Å². The number of rotatable bonds is 3. The molecule has 126 valence electrons. The van der Waals surface area contributed by atoms with Crippen LogP contribution >= 0.6 is 0 Å². The number of hydrogen-bond acceptors (Lipinski definition) is 2. The van der Waals surface area contributed by atoms with Gasteiger partial charge in [-0.15, -0.1) is 0 Å². The van der Waals surface area contributed by atoms with Gasteiger partial charge in [0.15, 0.2) is 0 Å². The molecule has 0 heterocycles. The molecule has 3 rings (SSSR count). The number of nitrogens with one attached hydrogen (secondary N) is 2. The lowest BCUT2D eigenvalue weighted by molar-refractivity contribution is 0.247. The molecule has 0 saturated carbocycles. The molecule has 1 aliphatic carbocycles. The Bertz CT molecular complexity index is 754. The Kier molecular flexibility index (Phi) is 4.47. The molecule has 0 bridgehead atoms. The standard InChI is InChI=1S/C20H25N3O/c1-13-16-9-6-5-8-15(16)12-18(13)22-20(24)21-17-10-7-11-19(14(17)2)23(3)4/h5-11,13,18H,12H2,1-4H3,(H2,21,22,24)/t13-,18+/m0/s1. The zero-order chi connectivity index (χ0) is 17.3. The number of anilines is 2. The van der Waals surface area contributed by atoms with Crippen molar-refractivity contribution in [3.05, 3.63) is 59.2 Å². The first-order chi connectivity index (χ1) is 11.5. The SMILES string of the molecule is Cc1c(NC(=O)N[C@@H]2Cc3ccccc3[C@@H]2C)cccc1N(C)C. The second kappa shape index (κ2) is 6.56. The highest BCUT2D eigenvalue weighted by atomic mass is 16.2. The molecular formula is C20H25N3O. The third-order valence-corrected chi connectivity index (χ3v) is 4.94. The van der Waals surface area contributed by atoms with Crippen LogP contribution in [0.2, 0.25) is 0 Å². The normalized spacial score (nSPS) is 18.8. The van der Waals surface area contributed by atoms with Gasteiger partial charge >= 0.3 is 6.03 Å². The molecule has 0 saturated heterocycles. The minimum absolute atomic E-state index is 0.139. The van der Waals surface area contributed by atoms with Gasteiger partial charge in [-0.3, -0.25) is 0 Å². The number of hydrogen-bond donors (Lipinski definition) is 2. The molecule has 2 amide bonds. The first-order valence-electron chi connectivity index (χ1n) is 8.39. The van der Waals surface area contributed by atoms with E-state index in [1.165, 1.54) is 11.1 Å². The Labute approximate surface area is 143 Å². The summed E-state index contributed by atoms with van der Waals surface area (Å²) in [5.74, 6) is 0.334. The van der Waals surface area contributed by atoms with Crippen LogP contribution < -0.4 is 15.5 Å². The molecule has 0 aromatic heterocycles. The van der Waals surface area contributed by atoms with Crippen molar-refractivity contribution in [1.82, 2.24) is 5.32 Å². The fraction of sp³-hybridized carbons (Fsp3) is 0.350. The highest BCUT2D eigenvalue weighted by Crippen LogP contribution is 2.32. The predicted molar refractivity (Wildman–Crippen MR) is 100 cm³/mol. The first kappa shape index (κ1) is 16.4. The van der Waals surface area contributed by atoms with Crippen molar-refractivity contribution in [2.24, 2.45) is 0 Å². The zero-order valence-electron chi connectivity index (χ0n) is 14.8. The molecule has 0 aliphatic heterocycles. The van der Waals surface area contributed by atoms with Crippen LogP contribution in [0.4, 0.5) is 16.2 Å². The second-order valence-corrected chi connectivity index (χ2v) is 6.74. The van der Waals surface area contributed by atoms with E-state index in [4.69, 9.17) is 0 Å². The third-order valence-electron chi connectivity index (χ3n) is 4.94. The molecule has 2 aromatic carbocycles. The largest absolute Gasteiger partial charge is 0.377 e. The highest BCUT2D eigenvalue weighted by molar-refractivity contribution is 5.91. The van der Waals surface area contributed by atoms with E-state index in [1.54, 1.807) is 0 Å². The van der Waals surface area contributed by atoms with E-state index in [9.17, 15) is 4.79 Å². The van der Waals surface area contributed by atoms with E-state index in [2.05, 4.69) is 41.8 Å². The van der Waals surface area contributed by atoms with E-state index in [-0.39, 0.29) is 12.1 Å². The summed E-state index contributed by atoms with van der Waals surface area (Å²) < 4.78 is 0. The minimum atomic E-state index is -0.140. The Morgan fingerprint density at radius 2 is 1.88 bits per heavy atom. The van der Waals surface area contributed by atoms with Gasteiger partial charge in [0.25, 0.3) is 0 Å². The Balaban J connectivity index is 1.68. The number of amides is 2. The van der Waals surface area contributed by atoms with Gasteiger partial charge in [0.1, 0.15) is 0 Å². The third kappa shape index (κ3) is 3.09. The molecule has 2 aromatic rings. The number of nitrogens with zero attached hydrogens (tertiary/aromatic N) is 1. The predicted octanol–water partition coefficient (Wildman–Crippen LogP) is 3.91. The summed E-state index contributed by atoms with van der Waals surface area (Å²) in [5, 5.41) is 6.14. The zero-order valence-corrected chi connectivity index (χ0v) is 14.8. The second-order valence-electron chi connectivity index (χ2n) is 6.74. The van der Waals surface area contributed by atoms with Gasteiger partial charge < -0.3 is 15.5 Å². The molecule has 0 radical (unpaired) electrons. The summed E-state index contributed by atoms with van der Waals surface area (Å²) >= 11 is 0. The fourth-order valence-corrected chi connectivity index (χ4v) is 3.54. The smallest absolute Gasteiger partial charge is 0.319 e. The Hall–Kier alpha value is -2.49. The highest BCUT2D eigenvalue weighted by Gasteiger charge is 2.29. The Morgan fingerprint density at radius 1 is 1.12 bits per heavy atom. The van der Waals surface area contributed by atoms with Crippen molar-refractivity contribution in [2.45, 2.75) is 32.2 Å². The minimum Gasteiger partial charge on any atom is -0.377 e. The molecule has 0 spiro atoms. The molecule has 4 heteroatoms. The lowest BCUT2D eigenvalue weighted by Crippen LogP contribution is -2.40. The van der Waals surface area contributed by atoms with E-state index >= 15 is 0 Å². The quantitative estimate of drug-likeness (QED) is 0.899. The maximum Gasteiger partial charge on any atom is 0.319 e. The van der Waals surface area contributed by atoms with Crippen LogP contribution in [0.25, 0.3) is 0 Å². The van der Waals surface area contributed by atoms with Gasteiger partial charge in [0, 0.05) is 37.4 Å². The van der Waals surface area contributed by atoms with Gasteiger partial charge in [-0.05, 0) is 42.2 Å².